The highest BCUT2D eigenvalue weighted by Crippen LogP contribution is 2.27. The number of methoxy groups -OCH3 is 1. The molecule has 0 saturated carbocycles. The maximum atomic E-state index is 14.9. The smallest absolute Gasteiger partial charge is 0.329 e. The van der Waals surface area contributed by atoms with E-state index in [9.17, 15) is 53.4 Å². The molecule has 75 heavy (non-hydrogen) atoms. The van der Waals surface area contributed by atoms with Crippen molar-refractivity contribution in [1.82, 2.24) is 40.9 Å². The van der Waals surface area contributed by atoms with Crippen molar-refractivity contribution in [2.75, 3.05) is 34.3 Å². The summed E-state index contributed by atoms with van der Waals surface area (Å²) < 4.78 is 11.5. The van der Waals surface area contributed by atoms with Gasteiger partial charge in [-0.2, -0.15) is 0 Å². The number of ether oxygens (including phenoxy) is 2. The quantitative estimate of drug-likeness (QED) is 0.137. The number of fused-ring (bicyclic) bond motifs is 1. The zero-order valence-electron chi connectivity index (χ0n) is 46.4. The van der Waals surface area contributed by atoms with Gasteiger partial charge in [0.05, 0.1) is 25.7 Å². The molecule has 1 unspecified atom stereocenters. The second-order valence-corrected chi connectivity index (χ2v) is 22.0. The Hall–Kier alpha value is -5.83. The first-order chi connectivity index (χ1) is 35.2. The number of amides is 8. The van der Waals surface area contributed by atoms with Crippen LogP contribution in [0, 0.1) is 23.7 Å². The van der Waals surface area contributed by atoms with Crippen LogP contribution in [0.2, 0.25) is 0 Å². The Morgan fingerprint density at radius 1 is 0.880 bits per heavy atom. The zero-order valence-corrected chi connectivity index (χ0v) is 46.4. The average Bonchev–Trinajstić information content (AvgIpc) is 4.06. The molecule has 0 spiro atoms. The van der Waals surface area contributed by atoms with Crippen molar-refractivity contribution >= 4 is 53.2 Å². The van der Waals surface area contributed by atoms with Crippen LogP contribution in [0.3, 0.4) is 0 Å². The predicted octanol–water partition coefficient (Wildman–Crippen LogP) is 1.68. The minimum atomic E-state index is -1.71. The number of rotatable bonds is 15. The number of hydrogen-bond acceptors (Lipinski definition) is 13. The monoisotopic (exact) mass is 1050 g/mol. The molecule has 0 aliphatic carbocycles. The van der Waals surface area contributed by atoms with Crippen LogP contribution in [0.25, 0.3) is 0 Å². The Morgan fingerprint density at radius 2 is 1.52 bits per heavy atom. The summed E-state index contributed by atoms with van der Waals surface area (Å²) in [6.07, 6.45) is -2.87. The number of cyclic esters (lactones) is 1. The molecule has 1 aromatic carbocycles. The lowest BCUT2D eigenvalue weighted by atomic mass is 9.91. The molecule has 3 heterocycles. The van der Waals surface area contributed by atoms with Crippen molar-refractivity contribution < 1.29 is 62.8 Å². The first kappa shape index (κ1) is 61.7. The molecule has 8 amide bonds. The number of carbonyl (C=O) groups is 9. The van der Waals surface area contributed by atoms with Gasteiger partial charge in [-0.1, -0.05) is 73.9 Å². The number of likely N-dealkylation sites (tertiary alicyclic amines) is 1. The maximum Gasteiger partial charge on any atom is 0.329 e. The fraction of sp³-hybridized carbons (Fsp3) is 0.722. The molecular formula is C54H86N8O13. The molecule has 0 radical (unpaired) electrons. The Bertz CT molecular complexity index is 2170. The van der Waals surface area contributed by atoms with Crippen LogP contribution < -0.4 is 26.0 Å². The Kier molecular flexibility index (Phi) is 22.9. The third-order valence-electron chi connectivity index (χ3n) is 14.8. The Balaban J connectivity index is 1.87. The molecule has 3 saturated heterocycles. The number of hydrogen-bond donors (Lipinski definition) is 6. The normalized spacial score (nSPS) is 27.2. The van der Waals surface area contributed by atoms with Gasteiger partial charge in [0, 0.05) is 33.6 Å². The predicted molar refractivity (Wildman–Crippen MR) is 278 cm³/mol. The molecule has 12 atom stereocenters. The topological polar surface area (TPSA) is 274 Å². The van der Waals surface area contributed by atoms with Crippen molar-refractivity contribution in [3.63, 3.8) is 0 Å². The maximum absolute atomic E-state index is 14.9. The lowest BCUT2D eigenvalue weighted by molar-refractivity contribution is -0.162. The van der Waals surface area contributed by atoms with Crippen molar-refractivity contribution in [1.29, 1.82) is 0 Å². The number of aliphatic hydroxyl groups is 2. The standard InChI is InChI=1S/C54H86N8O13/c1-14-32(8)45-42(64)28-43(65)56-44(31(6)7)48(67)55-37(25-29(2)3)51(70)62-24-16-18-39(62)53(72)60(12)41(27-35-19-21-36(74-13)22-20-35)54(73)75-34(10)46(49(68)57-45)58-47(66)40(26-30(4)5)59(11)52(71)38-17-15-23-61(38)50(69)33(9)63/h19-22,29-34,37-42,44-46,63-64H,14-18,23-28H2,1-13H3,(H,55,67)(H,56,65)(H,57,68)(H,58,66)/t32-,33-,34+,37-,38?,39-,40+,41-,42-,44-,45+,46-/m0/s1. The van der Waals surface area contributed by atoms with E-state index in [1.807, 2.05) is 34.6 Å². The van der Waals surface area contributed by atoms with Crippen LogP contribution in [0.15, 0.2) is 24.3 Å². The molecule has 21 nitrogen and oxygen atoms in total. The largest absolute Gasteiger partial charge is 0.497 e. The summed E-state index contributed by atoms with van der Waals surface area (Å²) in [5.74, 6) is -7.00. The van der Waals surface area contributed by atoms with Gasteiger partial charge in [-0.15, -0.1) is 0 Å². The number of aliphatic hydroxyl groups excluding tert-OH is 2. The van der Waals surface area contributed by atoms with Crippen LogP contribution in [0.5, 0.6) is 5.75 Å². The molecule has 1 aromatic rings. The summed E-state index contributed by atoms with van der Waals surface area (Å²) >= 11 is 0. The third kappa shape index (κ3) is 16.1. The van der Waals surface area contributed by atoms with Gasteiger partial charge in [0.1, 0.15) is 60.3 Å². The highest BCUT2D eigenvalue weighted by Gasteiger charge is 2.45. The summed E-state index contributed by atoms with van der Waals surface area (Å²) in [5, 5.41) is 33.1. The second kappa shape index (κ2) is 27.8. The molecule has 4 rings (SSSR count). The molecule has 3 aliphatic rings. The fourth-order valence-corrected chi connectivity index (χ4v) is 10.2. The SMILES string of the molecule is CC[C@H](C)[C@H]1NC(=O)[C@@H](NC(=O)[C@@H](CC(C)C)N(C)C(=O)C2CCCN2C(=O)[C@H](C)O)[C@@H](C)OC(=O)[C@H](Cc2ccc(OC)cc2)N(C)C(=O)[C@@H]2CCCN2C(=O)[C@H](CC(C)C)NC(=O)[C@H](C(C)C)NC(=O)C[C@@H]1O. The average molecular weight is 1060 g/mol. The van der Waals surface area contributed by atoms with E-state index in [1.165, 1.54) is 54.7 Å². The Labute approximate surface area is 442 Å². The lowest BCUT2D eigenvalue weighted by Crippen LogP contribution is -2.62. The van der Waals surface area contributed by atoms with Crippen LogP contribution in [0.4, 0.5) is 0 Å². The molecule has 420 valence electrons. The van der Waals surface area contributed by atoms with E-state index in [0.29, 0.717) is 37.0 Å². The van der Waals surface area contributed by atoms with E-state index in [0.717, 1.165) is 0 Å². The lowest BCUT2D eigenvalue weighted by Gasteiger charge is -2.36. The number of nitrogens with zero attached hydrogens (tertiary/aromatic N) is 4. The molecule has 3 fully saturated rings. The molecule has 0 bridgehead atoms. The van der Waals surface area contributed by atoms with Crippen LogP contribution in [0.1, 0.15) is 126 Å². The summed E-state index contributed by atoms with van der Waals surface area (Å²) in [6, 6.07) is -2.85. The Morgan fingerprint density at radius 3 is 2.09 bits per heavy atom. The van der Waals surface area contributed by atoms with Gasteiger partial charge in [0.15, 0.2) is 0 Å². The number of likely N-dealkylation sites (N-methyl/N-ethyl adjacent to an activating group) is 2. The van der Waals surface area contributed by atoms with Crippen LogP contribution >= 0.6 is 0 Å². The fourth-order valence-electron chi connectivity index (χ4n) is 10.2. The summed E-state index contributed by atoms with van der Waals surface area (Å²) in [6.45, 7) is 17.6. The van der Waals surface area contributed by atoms with Gasteiger partial charge in [-0.3, -0.25) is 38.4 Å². The van der Waals surface area contributed by atoms with Gasteiger partial charge < -0.3 is 60.6 Å². The van der Waals surface area contributed by atoms with Gasteiger partial charge in [0.25, 0.3) is 5.91 Å². The van der Waals surface area contributed by atoms with E-state index in [4.69, 9.17) is 9.47 Å². The minimum absolute atomic E-state index is 0.0805. The van der Waals surface area contributed by atoms with E-state index in [2.05, 4.69) is 21.3 Å². The number of esters is 1. The van der Waals surface area contributed by atoms with E-state index in [1.54, 1.807) is 45.0 Å². The number of nitrogens with one attached hydrogen (secondary N) is 4. The van der Waals surface area contributed by atoms with Crippen molar-refractivity contribution in [3.05, 3.63) is 29.8 Å². The third-order valence-corrected chi connectivity index (χ3v) is 14.8. The number of benzene rings is 1. The molecular weight excluding hydrogens is 969 g/mol. The van der Waals surface area contributed by atoms with Gasteiger partial charge in [0.2, 0.25) is 41.4 Å². The van der Waals surface area contributed by atoms with E-state index in [-0.39, 0.29) is 50.6 Å². The first-order valence-corrected chi connectivity index (χ1v) is 26.8. The second-order valence-electron chi connectivity index (χ2n) is 22.0. The molecule has 3 aliphatic heterocycles. The highest BCUT2D eigenvalue weighted by molar-refractivity contribution is 5.97. The van der Waals surface area contributed by atoms with E-state index >= 15 is 0 Å². The number of carbonyl (C=O) groups excluding carboxylic acids is 9. The highest BCUT2D eigenvalue weighted by atomic mass is 16.5. The molecule has 21 heteroatoms. The molecule has 6 N–H and O–H groups in total. The summed E-state index contributed by atoms with van der Waals surface area (Å²) in [5.41, 5.74) is 0.602. The molecule has 0 aromatic heterocycles. The van der Waals surface area contributed by atoms with Crippen molar-refractivity contribution in [2.24, 2.45) is 23.7 Å². The van der Waals surface area contributed by atoms with Crippen molar-refractivity contribution in [3.8, 4) is 5.75 Å². The minimum Gasteiger partial charge on any atom is -0.497 e. The van der Waals surface area contributed by atoms with Crippen molar-refractivity contribution in [2.45, 2.75) is 194 Å². The van der Waals surface area contributed by atoms with Crippen LogP contribution in [-0.2, 0) is 54.3 Å². The summed E-state index contributed by atoms with van der Waals surface area (Å²) in [7, 11) is 4.35. The van der Waals surface area contributed by atoms with Gasteiger partial charge in [-0.25, -0.2) is 4.79 Å². The van der Waals surface area contributed by atoms with Gasteiger partial charge >= 0.3 is 5.97 Å². The first-order valence-electron chi connectivity index (χ1n) is 26.8. The van der Waals surface area contributed by atoms with Crippen LogP contribution in [-0.4, -0.2) is 184 Å². The summed E-state index contributed by atoms with van der Waals surface area (Å²) in [4.78, 5) is 134. The van der Waals surface area contributed by atoms with E-state index < -0.39 is 138 Å². The van der Waals surface area contributed by atoms with Gasteiger partial charge in [-0.05, 0) is 93.7 Å². The zero-order chi connectivity index (χ0) is 56.2.